The highest BCUT2D eigenvalue weighted by Crippen LogP contribution is 2.30. The van der Waals surface area contributed by atoms with E-state index < -0.39 is 6.10 Å². The van der Waals surface area contributed by atoms with E-state index in [2.05, 4.69) is 20.9 Å². The molecule has 1 aromatic carbocycles. The highest BCUT2D eigenvalue weighted by atomic mass is 79.9. The van der Waals surface area contributed by atoms with Gasteiger partial charge in [-0.05, 0) is 29.8 Å². The quantitative estimate of drug-likeness (QED) is 0.910. The largest absolute Gasteiger partial charge is 0.497 e. The summed E-state index contributed by atoms with van der Waals surface area (Å²) in [6.45, 7) is 0. The van der Waals surface area contributed by atoms with Gasteiger partial charge in [0.2, 0.25) is 0 Å². The highest BCUT2D eigenvalue weighted by molar-refractivity contribution is 9.10. The molecule has 0 saturated heterocycles. The fourth-order valence-electron chi connectivity index (χ4n) is 1.99. The lowest BCUT2D eigenvalue weighted by atomic mass is 10.0. The van der Waals surface area contributed by atoms with Gasteiger partial charge in [-0.3, -0.25) is 4.98 Å². The predicted molar refractivity (Wildman–Crippen MR) is 80.1 cm³/mol. The van der Waals surface area contributed by atoms with Crippen molar-refractivity contribution in [3.05, 3.63) is 52.3 Å². The molecule has 1 N–H and O–H groups in total. The summed E-state index contributed by atoms with van der Waals surface area (Å²) in [5, 5.41) is 10.4. The van der Waals surface area contributed by atoms with E-state index in [1.54, 1.807) is 32.7 Å². The van der Waals surface area contributed by atoms with Crippen LogP contribution in [-0.2, 0) is 6.42 Å². The molecule has 1 unspecified atom stereocenters. The lowest BCUT2D eigenvalue weighted by molar-refractivity contribution is 0.173. The number of hydrogen-bond acceptors (Lipinski definition) is 4. The molecule has 0 saturated carbocycles. The zero-order chi connectivity index (χ0) is 14.5. The number of benzene rings is 1. The Morgan fingerprint density at radius 3 is 2.75 bits per heavy atom. The van der Waals surface area contributed by atoms with Crippen molar-refractivity contribution in [1.29, 1.82) is 0 Å². The van der Waals surface area contributed by atoms with E-state index in [0.717, 1.165) is 21.3 Å². The number of rotatable bonds is 5. The van der Waals surface area contributed by atoms with Crippen LogP contribution in [0.15, 0.2) is 41.1 Å². The zero-order valence-corrected chi connectivity index (χ0v) is 12.9. The van der Waals surface area contributed by atoms with Gasteiger partial charge >= 0.3 is 0 Å². The predicted octanol–water partition coefficient (Wildman–Crippen LogP) is 3.14. The van der Waals surface area contributed by atoms with Gasteiger partial charge in [0, 0.05) is 22.7 Å². The Labute approximate surface area is 126 Å². The van der Waals surface area contributed by atoms with E-state index in [9.17, 15) is 5.11 Å². The van der Waals surface area contributed by atoms with Crippen LogP contribution in [0.2, 0.25) is 0 Å². The van der Waals surface area contributed by atoms with Gasteiger partial charge in [-0.2, -0.15) is 0 Å². The monoisotopic (exact) mass is 337 g/mol. The van der Waals surface area contributed by atoms with Crippen molar-refractivity contribution in [1.82, 2.24) is 4.98 Å². The smallest absolute Gasteiger partial charge is 0.142 e. The second-order valence-electron chi connectivity index (χ2n) is 4.29. The lowest BCUT2D eigenvalue weighted by Gasteiger charge is -2.15. The Kier molecular flexibility index (Phi) is 4.98. The number of aromatic nitrogens is 1. The summed E-state index contributed by atoms with van der Waals surface area (Å²) in [6.07, 6.45) is 3.02. The van der Waals surface area contributed by atoms with E-state index in [4.69, 9.17) is 9.47 Å². The van der Waals surface area contributed by atoms with E-state index in [1.165, 1.54) is 0 Å². The fourth-order valence-corrected chi connectivity index (χ4v) is 2.40. The summed E-state index contributed by atoms with van der Waals surface area (Å²) in [5.74, 6) is 1.34. The summed E-state index contributed by atoms with van der Waals surface area (Å²) in [5.41, 5.74) is 1.69. The molecule has 106 valence electrons. The van der Waals surface area contributed by atoms with E-state index in [-0.39, 0.29) is 0 Å². The van der Waals surface area contributed by atoms with Gasteiger partial charge in [0.05, 0.1) is 26.5 Å². The number of ether oxygens (including phenoxy) is 2. The molecule has 1 heterocycles. The van der Waals surface area contributed by atoms with Crippen molar-refractivity contribution in [2.75, 3.05) is 14.2 Å². The average Bonchev–Trinajstić information content (AvgIpc) is 2.49. The molecular formula is C15H16BrNO3. The van der Waals surface area contributed by atoms with E-state index >= 15 is 0 Å². The summed E-state index contributed by atoms with van der Waals surface area (Å²) in [6, 6.07) is 7.44. The molecular weight excluding hydrogens is 322 g/mol. The molecule has 2 rings (SSSR count). The van der Waals surface area contributed by atoms with Crippen LogP contribution < -0.4 is 9.47 Å². The van der Waals surface area contributed by atoms with E-state index in [1.807, 2.05) is 18.2 Å². The fraction of sp³-hybridized carbons (Fsp3) is 0.267. The van der Waals surface area contributed by atoms with Crippen molar-refractivity contribution >= 4 is 15.9 Å². The van der Waals surface area contributed by atoms with Crippen molar-refractivity contribution in [2.24, 2.45) is 0 Å². The minimum atomic E-state index is -0.670. The maximum absolute atomic E-state index is 10.4. The molecule has 0 aliphatic rings. The molecule has 0 bridgehead atoms. The summed E-state index contributed by atoms with van der Waals surface area (Å²) >= 11 is 3.49. The van der Waals surface area contributed by atoms with E-state index in [0.29, 0.717) is 12.2 Å². The Morgan fingerprint density at radius 1 is 1.25 bits per heavy atom. The summed E-state index contributed by atoms with van der Waals surface area (Å²) in [7, 11) is 3.18. The maximum Gasteiger partial charge on any atom is 0.142 e. The Balaban J connectivity index is 2.25. The number of nitrogens with zero attached hydrogens (tertiary/aromatic N) is 1. The Bertz CT molecular complexity index is 589. The van der Waals surface area contributed by atoms with Crippen LogP contribution in [0.25, 0.3) is 0 Å². The number of aliphatic hydroxyl groups excluding tert-OH is 1. The minimum absolute atomic E-state index is 0.457. The third kappa shape index (κ3) is 3.29. The molecule has 0 aliphatic carbocycles. The molecule has 20 heavy (non-hydrogen) atoms. The molecule has 2 aromatic rings. The third-order valence-corrected chi connectivity index (χ3v) is 3.84. The van der Waals surface area contributed by atoms with Gasteiger partial charge in [-0.15, -0.1) is 0 Å². The van der Waals surface area contributed by atoms with Crippen LogP contribution in [-0.4, -0.2) is 24.3 Å². The van der Waals surface area contributed by atoms with Crippen LogP contribution in [0.3, 0.4) is 0 Å². The molecule has 1 atom stereocenters. The minimum Gasteiger partial charge on any atom is -0.497 e. The van der Waals surface area contributed by atoms with Crippen LogP contribution in [0.1, 0.15) is 17.2 Å². The molecule has 1 aromatic heterocycles. The normalized spacial score (nSPS) is 12.0. The second-order valence-corrected chi connectivity index (χ2v) is 5.15. The van der Waals surface area contributed by atoms with Gasteiger partial charge in [-0.1, -0.05) is 15.9 Å². The standard InChI is InChI=1S/C15H16BrNO3/c1-19-11-3-4-13(16)10(7-11)8-14(18)12-5-6-17-9-15(12)20-2/h3-7,9,14,18H,8H2,1-2H3. The van der Waals surface area contributed by atoms with Gasteiger partial charge in [0.25, 0.3) is 0 Å². The SMILES string of the molecule is COc1ccc(Br)c(CC(O)c2ccncc2OC)c1. The first-order chi connectivity index (χ1) is 9.65. The average molecular weight is 338 g/mol. The molecule has 4 nitrogen and oxygen atoms in total. The molecule has 0 aliphatic heterocycles. The van der Waals surface area contributed by atoms with Crippen LogP contribution in [0.4, 0.5) is 0 Å². The molecule has 0 fully saturated rings. The van der Waals surface area contributed by atoms with Crippen molar-refractivity contribution < 1.29 is 14.6 Å². The van der Waals surface area contributed by atoms with Crippen molar-refractivity contribution in [3.8, 4) is 11.5 Å². The maximum atomic E-state index is 10.4. The highest BCUT2D eigenvalue weighted by Gasteiger charge is 2.15. The first kappa shape index (κ1) is 14.8. The summed E-state index contributed by atoms with van der Waals surface area (Å²) in [4.78, 5) is 3.99. The topological polar surface area (TPSA) is 51.6 Å². The molecule has 0 radical (unpaired) electrons. The first-order valence-electron chi connectivity index (χ1n) is 6.14. The summed E-state index contributed by atoms with van der Waals surface area (Å²) < 4.78 is 11.4. The molecule has 0 amide bonds. The van der Waals surface area contributed by atoms with Gasteiger partial charge in [-0.25, -0.2) is 0 Å². The molecule has 5 heteroatoms. The number of aliphatic hydroxyl groups is 1. The van der Waals surface area contributed by atoms with Crippen LogP contribution in [0, 0.1) is 0 Å². The van der Waals surface area contributed by atoms with Crippen molar-refractivity contribution in [3.63, 3.8) is 0 Å². The third-order valence-electron chi connectivity index (χ3n) is 3.06. The first-order valence-corrected chi connectivity index (χ1v) is 6.93. The zero-order valence-electron chi connectivity index (χ0n) is 11.3. The number of hydrogen-bond donors (Lipinski definition) is 1. The van der Waals surface area contributed by atoms with Gasteiger partial charge in [0.1, 0.15) is 11.5 Å². The van der Waals surface area contributed by atoms with Gasteiger partial charge in [0.15, 0.2) is 0 Å². The number of pyridine rings is 1. The molecule has 0 spiro atoms. The number of methoxy groups -OCH3 is 2. The Morgan fingerprint density at radius 2 is 2.05 bits per heavy atom. The van der Waals surface area contributed by atoms with Crippen LogP contribution in [0.5, 0.6) is 11.5 Å². The lowest BCUT2D eigenvalue weighted by Crippen LogP contribution is -2.05. The van der Waals surface area contributed by atoms with Gasteiger partial charge < -0.3 is 14.6 Å². The van der Waals surface area contributed by atoms with Crippen molar-refractivity contribution in [2.45, 2.75) is 12.5 Å². The number of halogens is 1. The van der Waals surface area contributed by atoms with Crippen LogP contribution >= 0.6 is 15.9 Å². The second kappa shape index (κ2) is 6.72. The Hall–Kier alpha value is -1.59.